The normalized spacial score (nSPS) is 14.3. The zero-order chi connectivity index (χ0) is 20.0. The Kier molecular flexibility index (Phi) is 9.76. The Labute approximate surface area is 187 Å². The molecule has 2 aromatic rings. The van der Waals surface area contributed by atoms with Gasteiger partial charge in [0.2, 0.25) is 0 Å². The van der Waals surface area contributed by atoms with Crippen molar-refractivity contribution in [3.8, 4) is 5.75 Å². The Morgan fingerprint density at radius 1 is 1.36 bits per heavy atom. The van der Waals surface area contributed by atoms with Gasteiger partial charge in [-0.3, -0.25) is 9.20 Å². The Bertz CT molecular complexity index is 815. The topological polar surface area (TPSA) is 75.9 Å². The Morgan fingerprint density at radius 3 is 2.68 bits per heavy atom. The van der Waals surface area contributed by atoms with Gasteiger partial charge in [0.25, 0.3) is 0 Å². The molecule has 0 radical (unpaired) electrons. The number of hydrogen-bond acceptors (Lipinski definition) is 4. The summed E-state index contributed by atoms with van der Waals surface area (Å²) in [7, 11) is 0.819. The highest BCUT2D eigenvalue weighted by Crippen LogP contribution is 2.31. The van der Waals surface area contributed by atoms with E-state index in [-0.39, 0.29) is 34.8 Å². The number of hydrogen-bond donors (Lipinski definition) is 2. The van der Waals surface area contributed by atoms with E-state index in [0.717, 1.165) is 22.5 Å². The zero-order valence-electron chi connectivity index (χ0n) is 17.5. The number of furan rings is 1. The largest absolute Gasteiger partial charge is 0.490 e. The third-order valence-electron chi connectivity index (χ3n) is 4.09. The molecular formula is C20H32IN3O3S. The van der Waals surface area contributed by atoms with Crippen LogP contribution in [-0.2, 0) is 10.8 Å². The molecule has 2 unspecified atom stereocenters. The van der Waals surface area contributed by atoms with E-state index >= 15 is 0 Å². The average Bonchev–Trinajstić information content (AvgIpc) is 3.05. The van der Waals surface area contributed by atoms with Crippen LogP contribution in [0.2, 0.25) is 0 Å². The van der Waals surface area contributed by atoms with Crippen LogP contribution in [0.1, 0.15) is 46.4 Å². The summed E-state index contributed by atoms with van der Waals surface area (Å²) in [6, 6.07) is 7.81. The number of nitrogens with one attached hydrogen (secondary N) is 2. The van der Waals surface area contributed by atoms with Crippen molar-refractivity contribution in [2.24, 2.45) is 4.99 Å². The van der Waals surface area contributed by atoms with Crippen molar-refractivity contribution in [1.82, 2.24) is 10.6 Å². The van der Waals surface area contributed by atoms with Crippen molar-refractivity contribution in [1.29, 1.82) is 0 Å². The first-order valence-corrected chi connectivity index (χ1v) is 10.6. The molecule has 0 fully saturated rings. The van der Waals surface area contributed by atoms with Crippen molar-refractivity contribution in [2.45, 2.75) is 45.4 Å². The molecule has 158 valence electrons. The first kappa shape index (κ1) is 24.7. The number of ether oxygens (including phenoxy) is 1. The SMILES string of the molecule is CCOc1cccc2cc(C(C)NC(=NC)NCCS(=O)C(C)(C)C)oc12.I. The monoisotopic (exact) mass is 521 g/mol. The number of benzene rings is 1. The first-order valence-electron chi connectivity index (χ1n) is 9.27. The molecule has 0 bridgehead atoms. The molecule has 28 heavy (non-hydrogen) atoms. The molecule has 0 aliphatic rings. The first-order chi connectivity index (χ1) is 12.8. The van der Waals surface area contributed by atoms with E-state index in [1.165, 1.54) is 0 Å². The molecule has 0 amide bonds. The lowest BCUT2D eigenvalue weighted by Crippen LogP contribution is -2.41. The van der Waals surface area contributed by atoms with Crippen LogP contribution >= 0.6 is 24.0 Å². The summed E-state index contributed by atoms with van der Waals surface area (Å²) < 4.78 is 23.6. The molecule has 8 heteroatoms. The van der Waals surface area contributed by atoms with Gasteiger partial charge in [-0.15, -0.1) is 24.0 Å². The Balaban J connectivity index is 0.00000392. The molecule has 1 aromatic heterocycles. The minimum Gasteiger partial charge on any atom is -0.490 e. The fourth-order valence-electron chi connectivity index (χ4n) is 2.58. The fraction of sp³-hybridized carbons (Fsp3) is 0.550. The summed E-state index contributed by atoms with van der Waals surface area (Å²) >= 11 is 0. The van der Waals surface area contributed by atoms with E-state index in [2.05, 4.69) is 15.6 Å². The molecule has 2 atom stereocenters. The second-order valence-corrected chi connectivity index (χ2v) is 9.61. The molecule has 2 rings (SSSR count). The van der Waals surface area contributed by atoms with E-state index < -0.39 is 10.8 Å². The second-order valence-electron chi connectivity index (χ2n) is 7.28. The molecule has 0 aliphatic carbocycles. The second kappa shape index (κ2) is 11.0. The van der Waals surface area contributed by atoms with Gasteiger partial charge in [0.05, 0.1) is 12.6 Å². The summed E-state index contributed by atoms with van der Waals surface area (Å²) in [5.41, 5.74) is 0.756. The maximum atomic E-state index is 12.1. The van der Waals surface area contributed by atoms with Crippen LogP contribution in [0, 0.1) is 0 Å². The molecule has 0 saturated heterocycles. The average molecular weight is 521 g/mol. The minimum absolute atomic E-state index is 0. The van der Waals surface area contributed by atoms with Crippen LogP contribution in [0.25, 0.3) is 11.0 Å². The Morgan fingerprint density at radius 2 is 2.07 bits per heavy atom. The molecule has 0 spiro atoms. The van der Waals surface area contributed by atoms with Gasteiger partial charge in [0, 0.05) is 40.3 Å². The van der Waals surface area contributed by atoms with Crippen molar-refractivity contribution >= 4 is 51.7 Å². The fourth-order valence-corrected chi connectivity index (χ4v) is 3.48. The van der Waals surface area contributed by atoms with Gasteiger partial charge in [-0.25, -0.2) is 0 Å². The maximum Gasteiger partial charge on any atom is 0.191 e. The number of fused-ring (bicyclic) bond motifs is 1. The van der Waals surface area contributed by atoms with Gasteiger partial charge < -0.3 is 19.8 Å². The lowest BCUT2D eigenvalue weighted by Gasteiger charge is -2.19. The zero-order valence-corrected chi connectivity index (χ0v) is 20.6. The number of aliphatic imine (C=N–C) groups is 1. The number of halogens is 1. The highest BCUT2D eigenvalue weighted by atomic mass is 127. The molecule has 0 saturated carbocycles. The van der Waals surface area contributed by atoms with Crippen molar-refractivity contribution < 1.29 is 13.4 Å². The van der Waals surface area contributed by atoms with Gasteiger partial charge in [0.15, 0.2) is 17.3 Å². The van der Waals surface area contributed by atoms with Crippen molar-refractivity contribution in [3.63, 3.8) is 0 Å². The van der Waals surface area contributed by atoms with Gasteiger partial charge in [-0.1, -0.05) is 12.1 Å². The summed E-state index contributed by atoms with van der Waals surface area (Å²) in [6.07, 6.45) is 0. The molecule has 6 nitrogen and oxygen atoms in total. The van der Waals surface area contributed by atoms with Gasteiger partial charge in [-0.05, 0) is 46.8 Å². The summed E-state index contributed by atoms with van der Waals surface area (Å²) in [4.78, 5) is 4.24. The van der Waals surface area contributed by atoms with Crippen LogP contribution in [0.15, 0.2) is 33.7 Å². The highest BCUT2D eigenvalue weighted by molar-refractivity contribution is 14.0. The van der Waals surface area contributed by atoms with Crippen LogP contribution < -0.4 is 15.4 Å². The number of guanidine groups is 1. The number of rotatable bonds is 7. The van der Waals surface area contributed by atoms with Gasteiger partial charge in [0.1, 0.15) is 5.76 Å². The lowest BCUT2D eigenvalue weighted by atomic mass is 10.2. The van der Waals surface area contributed by atoms with Crippen LogP contribution in [0.4, 0.5) is 0 Å². The van der Waals surface area contributed by atoms with E-state index in [1.807, 2.05) is 58.9 Å². The van der Waals surface area contributed by atoms with E-state index in [9.17, 15) is 4.21 Å². The van der Waals surface area contributed by atoms with Crippen LogP contribution in [0.5, 0.6) is 5.75 Å². The maximum absolute atomic E-state index is 12.1. The molecule has 1 heterocycles. The third-order valence-corrected chi connectivity index (χ3v) is 6.03. The summed E-state index contributed by atoms with van der Waals surface area (Å²) in [5, 5.41) is 7.54. The van der Waals surface area contributed by atoms with Crippen LogP contribution in [-0.4, -0.2) is 40.9 Å². The molecule has 2 N–H and O–H groups in total. The summed E-state index contributed by atoms with van der Waals surface area (Å²) in [5.74, 6) is 2.78. The Hall–Kier alpha value is -1.29. The standard InChI is InChI=1S/C20H31N3O3S.HI/c1-7-25-16-10-8-9-15-13-17(26-18(15)16)14(2)23-19(21-6)22-11-12-27(24)20(3,4)5;/h8-10,13-14H,7,11-12H2,1-6H3,(H2,21,22,23);1H. The van der Waals surface area contributed by atoms with Crippen molar-refractivity contribution in [2.75, 3.05) is 26.0 Å². The molecule has 1 aromatic carbocycles. The van der Waals surface area contributed by atoms with E-state index in [0.29, 0.717) is 24.9 Å². The predicted octanol–water partition coefficient (Wildman–Crippen LogP) is 4.22. The molecule has 0 aliphatic heterocycles. The third kappa shape index (κ3) is 6.65. The lowest BCUT2D eigenvalue weighted by molar-refractivity contribution is 0.336. The van der Waals surface area contributed by atoms with Crippen molar-refractivity contribution in [3.05, 3.63) is 30.0 Å². The minimum atomic E-state index is -0.897. The van der Waals surface area contributed by atoms with E-state index in [4.69, 9.17) is 9.15 Å². The smallest absolute Gasteiger partial charge is 0.191 e. The van der Waals surface area contributed by atoms with E-state index in [1.54, 1.807) is 7.05 Å². The predicted molar refractivity (Wildman–Crippen MR) is 128 cm³/mol. The van der Waals surface area contributed by atoms with Crippen LogP contribution in [0.3, 0.4) is 0 Å². The number of nitrogens with zero attached hydrogens (tertiary/aromatic N) is 1. The van der Waals surface area contributed by atoms with Gasteiger partial charge >= 0.3 is 0 Å². The highest BCUT2D eigenvalue weighted by Gasteiger charge is 2.19. The molecular weight excluding hydrogens is 489 g/mol. The number of para-hydroxylation sites is 1. The quantitative estimate of drug-likeness (QED) is 0.324. The summed E-state index contributed by atoms with van der Waals surface area (Å²) in [6.45, 7) is 11.1. The van der Waals surface area contributed by atoms with Gasteiger partial charge in [-0.2, -0.15) is 0 Å².